The van der Waals surface area contributed by atoms with Gasteiger partial charge in [-0.3, -0.25) is 4.79 Å². The summed E-state index contributed by atoms with van der Waals surface area (Å²) < 4.78 is 11.8. The van der Waals surface area contributed by atoms with E-state index in [1.807, 2.05) is 0 Å². The van der Waals surface area contributed by atoms with E-state index < -0.39 is 8.32 Å². The van der Waals surface area contributed by atoms with E-state index in [1.54, 1.807) is 0 Å². The summed E-state index contributed by atoms with van der Waals surface area (Å²) >= 11 is 0. The standard InChI is InChI=1S/C13H24O3Si/c1-8-9-7-10(15-12(9)14)11(8)16-17(5,6)13(2,3)4/h8-11H,7H2,1-6H3/t8-,9?,10?,11-/m1/s1. The maximum Gasteiger partial charge on any atom is 0.309 e. The van der Waals surface area contributed by atoms with Gasteiger partial charge >= 0.3 is 5.97 Å². The van der Waals surface area contributed by atoms with Crippen LogP contribution in [-0.2, 0) is 14.0 Å². The van der Waals surface area contributed by atoms with Crippen molar-refractivity contribution < 1.29 is 14.0 Å². The molecule has 1 aliphatic carbocycles. The number of fused-ring (bicyclic) bond motifs is 2. The van der Waals surface area contributed by atoms with Crippen molar-refractivity contribution in [1.29, 1.82) is 0 Å². The number of hydrogen-bond donors (Lipinski definition) is 0. The molecule has 2 bridgehead atoms. The van der Waals surface area contributed by atoms with Gasteiger partial charge in [-0.2, -0.15) is 0 Å². The van der Waals surface area contributed by atoms with Crippen LogP contribution in [0.3, 0.4) is 0 Å². The summed E-state index contributed by atoms with van der Waals surface area (Å²) in [7, 11) is -1.76. The molecule has 0 aromatic carbocycles. The molecule has 2 aliphatic rings. The summed E-state index contributed by atoms with van der Waals surface area (Å²) in [5, 5.41) is 0.207. The Kier molecular flexibility index (Phi) is 2.94. The van der Waals surface area contributed by atoms with Gasteiger partial charge in [0.1, 0.15) is 6.10 Å². The number of esters is 1. The molecule has 2 unspecified atom stereocenters. The summed E-state index contributed by atoms with van der Waals surface area (Å²) in [6, 6.07) is 0. The topological polar surface area (TPSA) is 35.5 Å². The third-order valence-corrected chi connectivity index (χ3v) is 9.29. The van der Waals surface area contributed by atoms with Gasteiger partial charge in [0.05, 0.1) is 12.0 Å². The largest absolute Gasteiger partial charge is 0.459 e. The molecule has 4 atom stereocenters. The van der Waals surface area contributed by atoms with Crippen LogP contribution in [0.2, 0.25) is 18.1 Å². The van der Waals surface area contributed by atoms with E-state index in [4.69, 9.17) is 9.16 Å². The van der Waals surface area contributed by atoms with Gasteiger partial charge in [0.2, 0.25) is 0 Å². The van der Waals surface area contributed by atoms with Crippen LogP contribution in [0.4, 0.5) is 0 Å². The van der Waals surface area contributed by atoms with Crippen molar-refractivity contribution in [3.63, 3.8) is 0 Å². The minimum Gasteiger partial charge on any atom is -0.459 e. The summed E-state index contributed by atoms with van der Waals surface area (Å²) in [5.74, 6) is 0.378. The van der Waals surface area contributed by atoms with Gasteiger partial charge in [-0.25, -0.2) is 0 Å². The maximum atomic E-state index is 11.5. The van der Waals surface area contributed by atoms with Crippen molar-refractivity contribution >= 4 is 14.3 Å². The first-order valence-electron chi connectivity index (χ1n) is 6.52. The molecule has 0 spiro atoms. The molecule has 0 N–H and O–H groups in total. The average Bonchev–Trinajstić information content (AvgIpc) is 2.64. The van der Waals surface area contributed by atoms with Crippen molar-refractivity contribution in [1.82, 2.24) is 0 Å². The van der Waals surface area contributed by atoms with E-state index in [9.17, 15) is 4.79 Å². The predicted octanol–water partition coefficient (Wildman–Crippen LogP) is 2.96. The van der Waals surface area contributed by atoms with Crippen LogP contribution < -0.4 is 0 Å². The second-order valence-corrected chi connectivity index (χ2v) is 11.8. The number of rotatable bonds is 2. The summed E-state index contributed by atoms with van der Waals surface area (Å²) in [4.78, 5) is 11.5. The van der Waals surface area contributed by atoms with Crippen molar-refractivity contribution in [2.45, 2.75) is 64.5 Å². The Labute approximate surface area is 105 Å². The molecule has 0 aromatic heterocycles. The monoisotopic (exact) mass is 256 g/mol. The highest BCUT2D eigenvalue weighted by molar-refractivity contribution is 6.74. The van der Waals surface area contributed by atoms with E-state index in [-0.39, 0.29) is 29.1 Å². The molecule has 0 amide bonds. The number of carbonyl (C=O) groups excluding carboxylic acids is 1. The molecule has 2 rings (SSSR count). The Morgan fingerprint density at radius 3 is 2.35 bits per heavy atom. The first-order chi connectivity index (χ1) is 7.63. The predicted molar refractivity (Wildman–Crippen MR) is 69.2 cm³/mol. The lowest BCUT2D eigenvalue weighted by Crippen LogP contribution is -2.49. The molecule has 0 radical (unpaired) electrons. The van der Waals surface area contributed by atoms with Crippen LogP contribution in [0.1, 0.15) is 34.1 Å². The Hall–Kier alpha value is -0.353. The Balaban J connectivity index is 2.09. The summed E-state index contributed by atoms with van der Waals surface area (Å²) in [6.45, 7) is 13.4. The highest BCUT2D eigenvalue weighted by Crippen LogP contribution is 2.46. The molecular formula is C13H24O3Si. The molecule has 98 valence electrons. The van der Waals surface area contributed by atoms with E-state index >= 15 is 0 Å². The van der Waals surface area contributed by atoms with Gasteiger partial charge in [0.25, 0.3) is 0 Å². The fourth-order valence-electron chi connectivity index (χ4n) is 2.53. The smallest absolute Gasteiger partial charge is 0.309 e. The number of ether oxygens (including phenoxy) is 1. The Morgan fingerprint density at radius 1 is 1.35 bits per heavy atom. The van der Waals surface area contributed by atoms with Crippen LogP contribution in [0, 0.1) is 11.8 Å². The van der Waals surface area contributed by atoms with Crippen molar-refractivity contribution in [2.24, 2.45) is 11.8 Å². The minimum atomic E-state index is -1.76. The zero-order valence-electron chi connectivity index (χ0n) is 11.7. The normalized spacial score (nSPS) is 37.4. The zero-order chi connectivity index (χ0) is 13.0. The quantitative estimate of drug-likeness (QED) is 0.563. The molecule has 1 saturated carbocycles. The third kappa shape index (κ3) is 2.06. The molecule has 1 aliphatic heterocycles. The van der Waals surface area contributed by atoms with E-state index in [1.165, 1.54) is 0 Å². The molecule has 1 heterocycles. The Morgan fingerprint density at radius 2 is 1.94 bits per heavy atom. The minimum absolute atomic E-state index is 0.0108. The third-order valence-electron chi connectivity index (χ3n) is 4.81. The number of carbonyl (C=O) groups is 1. The van der Waals surface area contributed by atoms with Crippen LogP contribution in [0.5, 0.6) is 0 Å². The molecule has 1 saturated heterocycles. The summed E-state index contributed by atoms with van der Waals surface area (Å²) in [6.07, 6.45) is 0.995. The molecule has 0 aromatic rings. The van der Waals surface area contributed by atoms with E-state index in [0.717, 1.165) is 6.42 Å². The Bertz CT molecular complexity index is 330. The zero-order valence-corrected chi connectivity index (χ0v) is 12.7. The highest BCUT2D eigenvalue weighted by atomic mass is 28.4. The lowest BCUT2D eigenvalue weighted by Gasteiger charge is -2.41. The number of hydrogen-bond acceptors (Lipinski definition) is 3. The van der Waals surface area contributed by atoms with Gasteiger partial charge in [0.15, 0.2) is 8.32 Å². The average molecular weight is 256 g/mol. The van der Waals surface area contributed by atoms with Crippen molar-refractivity contribution in [3.05, 3.63) is 0 Å². The molecule has 3 nitrogen and oxygen atoms in total. The second kappa shape index (κ2) is 3.82. The molecule has 17 heavy (non-hydrogen) atoms. The summed E-state index contributed by atoms with van der Waals surface area (Å²) in [5.41, 5.74) is 0. The van der Waals surface area contributed by atoms with Gasteiger partial charge in [-0.05, 0) is 24.1 Å². The first kappa shape index (κ1) is 13.1. The van der Waals surface area contributed by atoms with Crippen molar-refractivity contribution in [2.75, 3.05) is 0 Å². The maximum absolute atomic E-state index is 11.5. The van der Waals surface area contributed by atoms with E-state index in [2.05, 4.69) is 40.8 Å². The van der Waals surface area contributed by atoms with Gasteiger partial charge in [0, 0.05) is 6.42 Å². The fraction of sp³-hybridized carbons (Fsp3) is 0.923. The lowest BCUT2D eigenvalue weighted by atomic mass is 9.97. The molecule has 4 heteroatoms. The van der Waals surface area contributed by atoms with Gasteiger partial charge in [-0.1, -0.05) is 27.7 Å². The first-order valence-corrected chi connectivity index (χ1v) is 9.42. The van der Waals surface area contributed by atoms with E-state index in [0.29, 0.717) is 5.92 Å². The highest BCUT2D eigenvalue weighted by Gasteiger charge is 2.55. The van der Waals surface area contributed by atoms with Gasteiger partial charge < -0.3 is 9.16 Å². The molecular weight excluding hydrogens is 232 g/mol. The van der Waals surface area contributed by atoms with Crippen LogP contribution in [0.15, 0.2) is 0 Å². The fourth-order valence-corrected chi connectivity index (χ4v) is 3.93. The SMILES string of the molecule is C[C@@H]1C2CC(OC2=O)[C@@H]1O[Si](C)(C)C(C)(C)C. The lowest BCUT2D eigenvalue weighted by molar-refractivity contribution is -0.157. The van der Waals surface area contributed by atoms with Crippen LogP contribution in [-0.4, -0.2) is 26.5 Å². The molecule has 2 fully saturated rings. The van der Waals surface area contributed by atoms with Gasteiger partial charge in [-0.15, -0.1) is 0 Å². The van der Waals surface area contributed by atoms with Crippen LogP contribution >= 0.6 is 0 Å². The van der Waals surface area contributed by atoms with Crippen LogP contribution in [0.25, 0.3) is 0 Å². The second-order valence-electron chi connectivity index (χ2n) is 7.02. The van der Waals surface area contributed by atoms with Crippen molar-refractivity contribution in [3.8, 4) is 0 Å².